The molecule has 2 N–H and O–H groups in total. The average Bonchev–Trinajstić information content (AvgIpc) is 2.72. The van der Waals surface area contributed by atoms with Crippen molar-refractivity contribution < 1.29 is 5.11 Å². The normalized spacial score (nSPS) is 14.8. The zero-order valence-corrected chi connectivity index (χ0v) is 10.9. The maximum atomic E-state index is 9.30. The molecule has 0 spiro atoms. The Morgan fingerprint density at radius 3 is 3.00 bits per heavy atom. The van der Waals surface area contributed by atoms with Crippen LogP contribution in [-0.2, 0) is 6.54 Å². The zero-order chi connectivity index (χ0) is 13.0. The summed E-state index contributed by atoms with van der Waals surface area (Å²) in [4.78, 5) is 8.32. The molecule has 0 aliphatic carbocycles. The molecule has 2 heterocycles. The summed E-state index contributed by atoms with van der Waals surface area (Å²) in [5, 5.41) is 12.7. The van der Waals surface area contributed by atoms with E-state index in [0.29, 0.717) is 5.92 Å². The summed E-state index contributed by atoms with van der Waals surface area (Å²) in [5.74, 6) is 0.464. The van der Waals surface area contributed by atoms with E-state index >= 15 is 0 Å². The first kappa shape index (κ1) is 13.0. The lowest BCUT2D eigenvalue weighted by molar-refractivity contribution is 0.163. The molecule has 18 heavy (non-hydrogen) atoms. The quantitative estimate of drug-likeness (QED) is 0.807. The van der Waals surface area contributed by atoms with E-state index in [-0.39, 0.29) is 6.10 Å². The molecule has 0 bridgehead atoms. The van der Waals surface area contributed by atoms with Crippen LogP contribution < -0.4 is 5.32 Å². The number of fused-ring (bicyclic) bond motifs is 1. The van der Waals surface area contributed by atoms with Gasteiger partial charge in [0.05, 0.1) is 24.2 Å². The van der Waals surface area contributed by atoms with Gasteiger partial charge >= 0.3 is 0 Å². The lowest BCUT2D eigenvalue weighted by Crippen LogP contribution is -2.23. The van der Waals surface area contributed by atoms with E-state index in [1.807, 2.05) is 23.7 Å². The average molecular weight is 248 g/mol. The number of hydrogen-bond donors (Lipinski definition) is 2. The molecule has 0 aromatic carbocycles. The number of imidazole rings is 1. The van der Waals surface area contributed by atoms with E-state index < -0.39 is 0 Å². The van der Waals surface area contributed by atoms with Crippen molar-refractivity contribution in [2.24, 2.45) is 5.92 Å². The molecule has 5 nitrogen and oxygen atoms in total. The van der Waals surface area contributed by atoms with Crippen LogP contribution in [0.4, 0.5) is 0 Å². The van der Waals surface area contributed by atoms with Crippen molar-refractivity contribution in [3.8, 4) is 0 Å². The molecule has 5 heteroatoms. The third-order valence-electron chi connectivity index (χ3n) is 2.94. The molecule has 2 aromatic heterocycles. The molecule has 2 rings (SSSR count). The highest BCUT2D eigenvalue weighted by Gasteiger charge is 2.07. The van der Waals surface area contributed by atoms with Crippen molar-refractivity contribution in [1.82, 2.24) is 19.7 Å². The van der Waals surface area contributed by atoms with Gasteiger partial charge in [0.25, 0.3) is 0 Å². The summed E-state index contributed by atoms with van der Waals surface area (Å²) < 4.78 is 2.03. The molecule has 0 amide bonds. The van der Waals surface area contributed by atoms with Gasteiger partial charge in [-0.3, -0.25) is 9.38 Å². The van der Waals surface area contributed by atoms with Crippen molar-refractivity contribution in [3.63, 3.8) is 0 Å². The first-order chi connectivity index (χ1) is 8.66. The second-order valence-electron chi connectivity index (χ2n) is 4.87. The predicted octanol–water partition coefficient (Wildman–Crippen LogP) is 1.23. The number of aliphatic hydroxyl groups excluding tert-OH is 1. The van der Waals surface area contributed by atoms with Gasteiger partial charge in [0.2, 0.25) is 0 Å². The number of hydrogen-bond acceptors (Lipinski definition) is 4. The van der Waals surface area contributed by atoms with E-state index in [1.54, 1.807) is 12.4 Å². The summed E-state index contributed by atoms with van der Waals surface area (Å²) in [7, 11) is 0. The third kappa shape index (κ3) is 3.27. The molecule has 2 aromatic rings. The minimum Gasteiger partial charge on any atom is -0.393 e. The van der Waals surface area contributed by atoms with Crippen molar-refractivity contribution in [1.29, 1.82) is 0 Å². The maximum absolute atomic E-state index is 9.30. The molecule has 0 saturated carbocycles. The van der Waals surface area contributed by atoms with Crippen LogP contribution in [0.1, 0.15) is 26.0 Å². The molecular formula is C13H20N4O. The Kier molecular flexibility index (Phi) is 4.28. The monoisotopic (exact) mass is 248 g/mol. The fourth-order valence-electron chi connectivity index (χ4n) is 2.14. The van der Waals surface area contributed by atoms with E-state index in [1.165, 1.54) is 0 Å². The summed E-state index contributed by atoms with van der Waals surface area (Å²) in [5.41, 5.74) is 1.99. The molecule has 0 saturated heterocycles. The van der Waals surface area contributed by atoms with Crippen LogP contribution in [0.15, 0.2) is 24.8 Å². The van der Waals surface area contributed by atoms with E-state index in [2.05, 4.69) is 22.2 Å². The Morgan fingerprint density at radius 2 is 2.22 bits per heavy atom. The fourth-order valence-corrected chi connectivity index (χ4v) is 2.14. The van der Waals surface area contributed by atoms with Crippen molar-refractivity contribution >= 4 is 5.65 Å². The van der Waals surface area contributed by atoms with Crippen molar-refractivity contribution in [2.75, 3.05) is 6.54 Å². The van der Waals surface area contributed by atoms with Crippen LogP contribution in [0.5, 0.6) is 0 Å². The smallest absolute Gasteiger partial charge is 0.155 e. The highest BCUT2D eigenvalue weighted by molar-refractivity contribution is 5.36. The lowest BCUT2D eigenvalue weighted by Gasteiger charge is -2.13. The van der Waals surface area contributed by atoms with E-state index in [0.717, 1.165) is 30.9 Å². The van der Waals surface area contributed by atoms with E-state index in [9.17, 15) is 5.11 Å². The number of aliphatic hydroxyl groups is 1. The Hall–Kier alpha value is -1.46. The number of nitrogens with one attached hydrogen (secondary N) is 1. The molecule has 2 unspecified atom stereocenters. The van der Waals surface area contributed by atoms with Gasteiger partial charge in [-0.15, -0.1) is 0 Å². The summed E-state index contributed by atoms with van der Waals surface area (Å²) in [6.45, 7) is 5.63. The minimum atomic E-state index is -0.233. The van der Waals surface area contributed by atoms with Gasteiger partial charge in [0.15, 0.2) is 5.65 Å². The highest BCUT2D eigenvalue weighted by Crippen LogP contribution is 2.06. The zero-order valence-electron chi connectivity index (χ0n) is 10.9. The van der Waals surface area contributed by atoms with Gasteiger partial charge in [-0.05, 0) is 25.8 Å². The second-order valence-corrected chi connectivity index (χ2v) is 4.87. The Bertz CT molecular complexity index is 494. The van der Waals surface area contributed by atoms with Gasteiger partial charge in [0, 0.05) is 18.9 Å². The molecule has 0 aliphatic rings. The van der Waals surface area contributed by atoms with Gasteiger partial charge in [0.1, 0.15) is 0 Å². The highest BCUT2D eigenvalue weighted by atomic mass is 16.3. The Morgan fingerprint density at radius 1 is 1.39 bits per heavy atom. The Balaban J connectivity index is 1.87. The molecule has 0 radical (unpaired) electrons. The standard InChI is InChI=1S/C13H20N4O/c1-10(5-11(2)18)6-15-7-12-8-16-13-9-14-3-4-17(12)13/h3-4,8-11,15,18H,5-7H2,1-2H3. The van der Waals surface area contributed by atoms with Crippen LogP contribution in [0.2, 0.25) is 0 Å². The van der Waals surface area contributed by atoms with Crippen molar-refractivity contribution in [3.05, 3.63) is 30.5 Å². The van der Waals surface area contributed by atoms with Crippen LogP contribution >= 0.6 is 0 Å². The second kappa shape index (κ2) is 5.93. The first-order valence-electron chi connectivity index (χ1n) is 6.31. The predicted molar refractivity (Wildman–Crippen MR) is 70.2 cm³/mol. The first-order valence-corrected chi connectivity index (χ1v) is 6.31. The van der Waals surface area contributed by atoms with Gasteiger partial charge in [-0.25, -0.2) is 4.98 Å². The minimum absolute atomic E-state index is 0.233. The number of rotatable bonds is 6. The van der Waals surface area contributed by atoms with Gasteiger partial charge in [-0.1, -0.05) is 6.92 Å². The Labute approximate surface area is 107 Å². The molecule has 2 atom stereocenters. The fraction of sp³-hybridized carbons (Fsp3) is 0.538. The molecule has 0 aliphatic heterocycles. The van der Waals surface area contributed by atoms with Crippen LogP contribution in [0.25, 0.3) is 5.65 Å². The topological polar surface area (TPSA) is 62.5 Å². The molecular weight excluding hydrogens is 228 g/mol. The molecule has 98 valence electrons. The van der Waals surface area contributed by atoms with Gasteiger partial charge < -0.3 is 10.4 Å². The summed E-state index contributed by atoms with van der Waals surface area (Å²) in [6.07, 6.45) is 7.88. The number of aromatic nitrogens is 3. The van der Waals surface area contributed by atoms with Crippen molar-refractivity contribution in [2.45, 2.75) is 32.9 Å². The summed E-state index contributed by atoms with van der Waals surface area (Å²) >= 11 is 0. The lowest BCUT2D eigenvalue weighted by atomic mass is 10.0. The SMILES string of the molecule is CC(O)CC(C)CNCc1cnc2cnccn12. The van der Waals surface area contributed by atoms with Gasteiger partial charge in [-0.2, -0.15) is 0 Å². The molecule has 0 fully saturated rings. The van der Waals surface area contributed by atoms with Crippen LogP contribution in [0, 0.1) is 5.92 Å². The largest absolute Gasteiger partial charge is 0.393 e. The summed E-state index contributed by atoms with van der Waals surface area (Å²) in [6, 6.07) is 0. The van der Waals surface area contributed by atoms with E-state index in [4.69, 9.17) is 0 Å². The number of nitrogens with zero attached hydrogens (tertiary/aromatic N) is 3. The third-order valence-corrected chi connectivity index (χ3v) is 2.94. The van der Waals surface area contributed by atoms with Crippen LogP contribution in [-0.4, -0.2) is 32.1 Å². The maximum Gasteiger partial charge on any atom is 0.155 e. The van der Waals surface area contributed by atoms with Crippen LogP contribution in [0.3, 0.4) is 0 Å².